The highest BCUT2D eigenvalue weighted by atomic mass is 35.5. The van der Waals surface area contributed by atoms with E-state index in [9.17, 15) is 4.79 Å². The van der Waals surface area contributed by atoms with Gasteiger partial charge in [-0.3, -0.25) is 5.32 Å². The number of para-hydroxylation sites is 3. The first kappa shape index (κ1) is 13.2. The van der Waals surface area contributed by atoms with E-state index in [1.807, 2.05) is 6.07 Å². The number of nitrogens with one attached hydrogen (secondary N) is 1. The average molecular weight is 278 g/mol. The molecule has 2 aromatic rings. The van der Waals surface area contributed by atoms with Gasteiger partial charge in [0.2, 0.25) is 0 Å². The predicted molar refractivity (Wildman–Crippen MR) is 74.1 cm³/mol. The maximum Gasteiger partial charge on any atom is 0.417 e. The SMILES string of the molecule is COc1ccccc1NC(=O)Oc1ccccc1Cl. The van der Waals surface area contributed by atoms with Gasteiger partial charge in [-0.1, -0.05) is 35.9 Å². The number of anilines is 1. The van der Waals surface area contributed by atoms with Crippen molar-refractivity contribution in [2.45, 2.75) is 0 Å². The molecule has 0 aliphatic rings. The number of amides is 1. The smallest absolute Gasteiger partial charge is 0.417 e. The van der Waals surface area contributed by atoms with Crippen LogP contribution in [0.25, 0.3) is 0 Å². The largest absolute Gasteiger partial charge is 0.495 e. The van der Waals surface area contributed by atoms with Crippen molar-refractivity contribution in [3.8, 4) is 11.5 Å². The van der Waals surface area contributed by atoms with Gasteiger partial charge in [0.15, 0.2) is 5.75 Å². The second kappa shape index (κ2) is 6.11. The molecule has 0 unspecified atom stereocenters. The summed E-state index contributed by atoms with van der Waals surface area (Å²) in [5, 5.41) is 2.97. The topological polar surface area (TPSA) is 47.6 Å². The van der Waals surface area contributed by atoms with Crippen LogP contribution in [0, 0.1) is 0 Å². The number of benzene rings is 2. The van der Waals surface area contributed by atoms with E-state index in [1.54, 1.807) is 42.5 Å². The zero-order valence-corrected chi connectivity index (χ0v) is 11.0. The minimum atomic E-state index is -0.627. The molecule has 19 heavy (non-hydrogen) atoms. The fraction of sp³-hybridized carbons (Fsp3) is 0.0714. The van der Waals surface area contributed by atoms with E-state index in [4.69, 9.17) is 21.1 Å². The van der Waals surface area contributed by atoms with Gasteiger partial charge >= 0.3 is 6.09 Å². The summed E-state index contributed by atoms with van der Waals surface area (Å²) in [6.07, 6.45) is -0.627. The summed E-state index contributed by atoms with van der Waals surface area (Å²) in [7, 11) is 1.53. The monoisotopic (exact) mass is 277 g/mol. The summed E-state index contributed by atoms with van der Waals surface area (Å²) in [5.74, 6) is 0.857. The van der Waals surface area contributed by atoms with Crippen LogP contribution >= 0.6 is 11.6 Å². The van der Waals surface area contributed by atoms with E-state index >= 15 is 0 Å². The lowest BCUT2D eigenvalue weighted by Gasteiger charge is -2.10. The standard InChI is InChI=1S/C14H12ClNO3/c1-18-13-9-5-3-7-11(13)16-14(17)19-12-8-4-2-6-10(12)15/h2-9H,1H3,(H,16,17). The van der Waals surface area contributed by atoms with Gasteiger partial charge in [0.05, 0.1) is 17.8 Å². The van der Waals surface area contributed by atoms with Crippen molar-refractivity contribution in [1.82, 2.24) is 0 Å². The molecule has 0 fully saturated rings. The van der Waals surface area contributed by atoms with E-state index in [0.29, 0.717) is 22.2 Å². The Balaban J connectivity index is 2.08. The van der Waals surface area contributed by atoms with Crippen LogP contribution in [0.4, 0.5) is 10.5 Å². The summed E-state index contributed by atoms with van der Waals surface area (Å²) >= 11 is 5.90. The molecule has 4 nitrogen and oxygen atoms in total. The third-order valence-electron chi connectivity index (χ3n) is 2.38. The van der Waals surface area contributed by atoms with Crippen LogP contribution in [0.2, 0.25) is 5.02 Å². The molecule has 0 saturated heterocycles. The number of hydrogen-bond donors (Lipinski definition) is 1. The Morgan fingerprint density at radius 2 is 1.68 bits per heavy atom. The van der Waals surface area contributed by atoms with Gasteiger partial charge in [-0.2, -0.15) is 0 Å². The van der Waals surface area contributed by atoms with Crippen LogP contribution in [-0.2, 0) is 0 Å². The second-order valence-corrected chi connectivity index (χ2v) is 4.05. The number of carbonyl (C=O) groups is 1. The lowest BCUT2D eigenvalue weighted by atomic mass is 10.3. The Bertz CT molecular complexity index is 586. The third-order valence-corrected chi connectivity index (χ3v) is 2.70. The fourth-order valence-electron chi connectivity index (χ4n) is 1.51. The molecule has 0 atom stereocenters. The van der Waals surface area contributed by atoms with Crippen molar-refractivity contribution in [3.05, 3.63) is 53.6 Å². The zero-order valence-electron chi connectivity index (χ0n) is 10.2. The van der Waals surface area contributed by atoms with E-state index in [1.165, 1.54) is 7.11 Å². The van der Waals surface area contributed by atoms with Gasteiger partial charge < -0.3 is 9.47 Å². The highest BCUT2D eigenvalue weighted by Gasteiger charge is 2.10. The van der Waals surface area contributed by atoms with Gasteiger partial charge in [0.1, 0.15) is 5.75 Å². The predicted octanol–water partition coefficient (Wildman–Crippen LogP) is 3.96. The average Bonchev–Trinajstić information content (AvgIpc) is 2.42. The molecule has 0 spiro atoms. The molecule has 98 valence electrons. The minimum absolute atomic E-state index is 0.302. The van der Waals surface area contributed by atoms with Gasteiger partial charge in [-0.15, -0.1) is 0 Å². The van der Waals surface area contributed by atoms with Gasteiger partial charge in [0, 0.05) is 0 Å². The molecule has 0 aliphatic carbocycles. The Kier molecular flexibility index (Phi) is 4.26. The second-order valence-electron chi connectivity index (χ2n) is 3.65. The molecular formula is C14H12ClNO3. The minimum Gasteiger partial charge on any atom is -0.495 e. The molecule has 0 aromatic heterocycles. The Morgan fingerprint density at radius 1 is 1.05 bits per heavy atom. The number of methoxy groups -OCH3 is 1. The summed E-state index contributed by atoms with van der Waals surface area (Å²) < 4.78 is 10.2. The van der Waals surface area contributed by atoms with Crippen molar-refractivity contribution in [2.75, 3.05) is 12.4 Å². The maximum absolute atomic E-state index is 11.8. The van der Waals surface area contributed by atoms with Crippen LogP contribution in [0.1, 0.15) is 0 Å². The van der Waals surface area contributed by atoms with Crippen LogP contribution in [0.5, 0.6) is 11.5 Å². The van der Waals surface area contributed by atoms with E-state index in [-0.39, 0.29) is 0 Å². The van der Waals surface area contributed by atoms with Gasteiger partial charge in [0.25, 0.3) is 0 Å². The lowest BCUT2D eigenvalue weighted by Crippen LogP contribution is -2.17. The highest BCUT2D eigenvalue weighted by molar-refractivity contribution is 6.32. The van der Waals surface area contributed by atoms with Crippen molar-refractivity contribution in [1.29, 1.82) is 0 Å². The van der Waals surface area contributed by atoms with Crippen molar-refractivity contribution in [3.63, 3.8) is 0 Å². The Hall–Kier alpha value is -2.20. The van der Waals surface area contributed by atoms with Crippen LogP contribution < -0.4 is 14.8 Å². The van der Waals surface area contributed by atoms with Crippen LogP contribution in [0.15, 0.2) is 48.5 Å². The summed E-state index contributed by atoms with van der Waals surface area (Å²) in [6, 6.07) is 13.8. The quantitative estimate of drug-likeness (QED) is 0.924. The Morgan fingerprint density at radius 3 is 2.37 bits per heavy atom. The van der Waals surface area contributed by atoms with Crippen molar-refractivity contribution in [2.24, 2.45) is 0 Å². The number of ether oxygens (including phenoxy) is 2. The number of hydrogen-bond acceptors (Lipinski definition) is 3. The zero-order chi connectivity index (χ0) is 13.7. The normalized spacial score (nSPS) is 9.79. The summed E-state index contributed by atoms with van der Waals surface area (Å²) in [5.41, 5.74) is 0.530. The van der Waals surface area contributed by atoms with Crippen molar-refractivity contribution < 1.29 is 14.3 Å². The van der Waals surface area contributed by atoms with Gasteiger partial charge in [-0.25, -0.2) is 4.79 Å². The summed E-state index contributed by atoms with van der Waals surface area (Å²) in [4.78, 5) is 11.8. The highest BCUT2D eigenvalue weighted by Crippen LogP contribution is 2.26. The molecular weight excluding hydrogens is 266 g/mol. The maximum atomic E-state index is 11.8. The molecule has 5 heteroatoms. The first-order valence-corrected chi connectivity index (χ1v) is 5.95. The number of rotatable bonds is 3. The molecule has 0 saturated carbocycles. The summed E-state index contributed by atoms with van der Waals surface area (Å²) in [6.45, 7) is 0. The van der Waals surface area contributed by atoms with Crippen molar-refractivity contribution >= 4 is 23.4 Å². The lowest BCUT2D eigenvalue weighted by molar-refractivity contribution is 0.215. The molecule has 1 amide bonds. The molecule has 2 aromatic carbocycles. The molecule has 0 aliphatic heterocycles. The fourth-order valence-corrected chi connectivity index (χ4v) is 1.69. The molecule has 0 bridgehead atoms. The molecule has 1 N–H and O–H groups in total. The first-order chi connectivity index (χ1) is 9.20. The number of carbonyl (C=O) groups excluding carboxylic acids is 1. The molecule has 0 radical (unpaired) electrons. The number of halogens is 1. The van der Waals surface area contributed by atoms with Gasteiger partial charge in [-0.05, 0) is 24.3 Å². The first-order valence-electron chi connectivity index (χ1n) is 5.57. The molecule has 2 rings (SSSR count). The van der Waals surface area contributed by atoms with E-state index in [0.717, 1.165) is 0 Å². The van der Waals surface area contributed by atoms with Crippen LogP contribution in [-0.4, -0.2) is 13.2 Å². The Labute approximate surface area is 115 Å². The third kappa shape index (κ3) is 3.39. The van der Waals surface area contributed by atoms with Crippen LogP contribution in [0.3, 0.4) is 0 Å². The van der Waals surface area contributed by atoms with E-state index < -0.39 is 6.09 Å². The van der Waals surface area contributed by atoms with E-state index in [2.05, 4.69) is 5.32 Å². The molecule has 0 heterocycles.